The Morgan fingerprint density at radius 2 is 1.90 bits per heavy atom. The molecule has 0 saturated carbocycles. The summed E-state index contributed by atoms with van der Waals surface area (Å²) >= 11 is 6.66. The van der Waals surface area contributed by atoms with Crippen LogP contribution in [0.4, 0.5) is 11.5 Å². The highest BCUT2D eigenvalue weighted by Crippen LogP contribution is 2.33. The molecule has 2 N–H and O–H groups in total. The minimum Gasteiger partial charge on any atom is -0.506 e. The number of anilines is 2. The fourth-order valence-corrected chi connectivity index (χ4v) is 3.09. The SMILES string of the molecule is CN(C)c1ncccc1NCc1cc(Br)c(O)c(Br)c1. The number of benzene rings is 1. The monoisotopic (exact) mass is 399 g/mol. The summed E-state index contributed by atoms with van der Waals surface area (Å²) in [6, 6.07) is 7.67. The van der Waals surface area contributed by atoms with Gasteiger partial charge in [-0.1, -0.05) is 0 Å². The van der Waals surface area contributed by atoms with Crippen molar-refractivity contribution in [2.45, 2.75) is 6.54 Å². The van der Waals surface area contributed by atoms with Crippen molar-refractivity contribution in [1.82, 2.24) is 4.98 Å². The third-order valence-corrected chi connectivity index (χ3v) is 3.98. The molecule has 0 unspecified atom stereocenters. The van der Waals surface area contributed by atoms with Gasteiger partial charge < -0.3 is 15.3 Å². The number of halogens is 2. The summed E-state index contributed by atoms with van der Waals surface area (Å²) < 4.78 is 1.34. The van der Waals surface area contributed by atoms with E-state index in [2.05, 4.69) is 42.2 Å². The Hall–Kier alpha value is -1.27. The van der Waals surface area contributed by atoms with E-state index in [1.165, 1.54) is 0 Å². The summed E-state index contributed by atoms with van der Waals surface area (Å²) in [5.41, 5.74) is 2.02. The number of pyridine rings is 1. The molecule has 6 heteroatoms. The third kappa shape index (κ3) is 3.43. The van der Waals surface area contributed by atoms with E-state index in [0.29, 0.717) is 15.5 Å². The van der Waals surface area contributed by atoms with Crippen molar-refractivity contribution in [1.29, 1.82) is 0 Å². The van der Waals surface area contributed by atoms with Crippen LogP contribution in [-0.2, 0) is 6.54 Å². The van der Waals surface area contributed by atoms with E-state index in [-0.39, 0.29) is 5.75 Å². The van der Waals surface area contributed by atoms with Crippen LogP contribution in [0.3, 0.4) is 0 Å². The van der Waals surface area contributed by atoms with Crippen molar-refractivity contribution in [3.63, 3.8) is 0 Å². The number of nitrogens with zero attached hydrogens (tertiary/aromatic N) is 2. The van der Waals surface area contributed by atoms with E-state index in [9.17, 15) is 5.11 Å². The predicted octanol–water partition coefficient (Wildman–Crippen LogP) is 3.99. The number of phenols is 1. The molecule has 0 aliphatic heterocycles. The van der Waals surface area contributed by atoms with Crippen LogP contribution in [0.1, 0.15) is 5.56 Å². The highest BCUT2D eigenvalue weighted by molar-refractivity contribution is 9.11. The normalized spacial score (nSPS) is 10.4. The lowest BCUT2D eigenvalue weighted by molar-refractivity contribution is 0.468. The highest BCUT2D eigenvalue weighted by Gasteiger charge is 2.08. The van der Waals surface area contributed by atoms with E-state index in [4.69, 9.17) is 0 Å². The van der Waals surface area contributed by atoms with Gasteiger partial charge in [-0.15, -0.1) is 0 Å². The minimum absolute atomic E-state index is 0.212. The Morgan fingerprint density at radius 3 is 2.50 bits per heavy atom. The first-order valence-electron chi connectivity index (χ1n) is 6.02. The molecule has 1 aromatic heterocycles. The van der Waals surface area contributed by atoms with Crippen LogP contribution in [-0.4, -0.2) is 24.2 Å². The molecule has 4 nitrogen and oxygen atoms in total. The highest BCUT2D eigenvalue weighted by atomic mass is 79.9. The molecule has 20 heavy (non-hydrogen) atoms. The number of aromatic nitrogens is 1. The first-order chi connectivity index (χ1) is 9.49. The van der Waals surface area contributed by atoms with Gasteiger partial charge in [0.1, 0.15) is 5.75 Å². The molecule has 1 aromatic carbocycles. The molecule has 2 rings (SSSR count). The minimum atomic E-state index is 0.212. The maximum Gasteiger partial charge on any atom is 0.151 e. The molecule has 0 bridgehead atoms. The molecule has 1 heterocycles. The van der Waals surface area contributed by atoms with Gasteiger partial charge in [-0.25, -0.2) is 4.98 Å². The zero-order chi connectivity index (χ0) is 14.7. The molecule has 106 valence electrons. The van der Waals surface area contributed by atoms with Crippen LogP contribution in [0.25, 0.3) is 0 Å². The first-order valence-corrected chi connectivity index (χ1v) is 7.60. The Balaban J connectivity index is 2.17. The van der Waals surface area contributed by atoms with Crippen molar-refractivity contribution in [3.05, 3.63) is 45.0 Å². The molecular weight excluding hydrogens is 386 g/mol. The van der Waals surface area contributed by atoms with E-state index in [0.717, 1.165) is 17.1 Å². The second-order valence-electron chi connectivity index (χ2n) is 4.53. The molecule has 0 fully saturated rings. The van der Waals surface area contributed by atoms with Crippen LogP contribution in [0.2, 0.25) is 0 Å². The summed E-state index contributed by atoms with van der Waals surface area (Å²) in [5.74, 6) is 1.11. The number of hydrogen-bond acceptors (Lipinski definition) is 4. The van der Waals surface area contributed by atoms with Crippen molar-refractivity contribution in [2.24, 2.45) is 0 Å². The van der Waals surface area contributed by atoms with Crippen LogP contribution in [0, 0.1) is 0 Å². The standard InChI is InChI=1S/C14H15Br2N3O/c1-19(2)14-12(4-3-5-17-14)18-8-9-6-10(15)13(20)11(16)7-9/h3-7,18,20H,8H2,1-2H3. The van der Waals surface area contributed by atoms with Gasteiger partial charge in [0.15, 0.2) is 5.82 Å². The smallest absolute Gasteiger partial charge is 0.151 e. The molecule has 0 aliphatic carbocycles. The van der Waals surface area contributed by atoms with Crippen LogP contribution < -0.4 is 10.2 Å². The Bertz CT molecular complexity index is 594. The molecule has 0 amide bonds. The number of nitrogens with one attached hydrogen (secondary N) is 1. The van der Waals surface area contributed by atoms with Crippen molar-refractivity contribution >= 4 is 43.4 Å². The average molecular weight is 401 g/mol. The van der Waals surface area contributed by atoms with Crippen LogP contribution in [0.15, 0.2) is 39.4 Å². The van der Waals surface area contributed by atoms with Gasteiger partial charge in [0.2, 0.25) is 0 Å². The van der Waals surface area contributed by atoms with Gasteiger partial charge in [-0.2, -0.15) is 0 Å². The molecule has 0 spiro atoms. The van der Waals surface area contributed by atoms with Gasteiger partial charge in [0, 0.05) is 26.8 Å². The topological polar surface area (TPSA) is 48.4 Å². The Kier molecular flexibility index (Phi) is 4.88. The average Bonchev–Trinajstić information content (AvgIpc) is 2.42. The molecule has 0 saturated heterocycles. The summed E-state index contributed by atoms with van der Waals surface area (Å²) in [6.07, 6.45) is 1.77. The van der Waals surface area contributed by atoms with Gasteiger partial charge in [-0.05, 0) is 61.7 Å². The fourth-order valence-electron chi connectivity index (χ4n) is 1.81. The van der Waals surface area contributed by atoms with E-state index in [1.54, 1.807) is 6.20 Å². The largest absolute Gasteiger partial charge is 0.506 e. The summed E-state index contributed by atoms with van der Waals surface area (Å²) in [5, 5.41) is 13.1. The lowest BCUT2D eigenvalue weighted by Gasteiger charge is -2.17. The number of hydrogen-bond donors (Lipinski definition) is 2. The van der Waals surface area contributed by atoms with Crippen LogP contribution in [0.5, 0.6) is 5.75 Å². The van der Waals surface area contributed by atoms with Crippen molar-refractivity contribution in [2.75, 3.05) is 24.3 Å². The molecule has 0 atom stereocenters. The number of aromatic hydroxyl groups is 1. The van der Waals surface area contributed by atoms with Gasteiger partial charge >= 0.3 is 0 Å². The lowest BCUT2D eigenvalue weighted by atomic mass is 10.2. The number of phenolic OH excluding ortho intramolecular Hbond substituents is 1. The van der Waals surface area contributed by atoms with Crippen molar-refractivity contribution in [3.8, 4) is 5.75 Å². The van der Waals surface area contributed by atoms with Gasteiger partial charge in [-0.3, -0.25) is 0 Å². The molecule has 0 aliphatic rings. The van der Waals surface area contributed by atoms with E-state index in [1.807, 2.05) is 43.3 Å². The fraction of sp³-hybridized carbons (Fsp3) is 0.214. The lowest BCUT2D eigenvalue weighted by Crippen LogP contribution is -2.13. The molecular formula is C14H15Br2N3O. The maximum absolute atomic E-state index is 9.70. The second kappa shape index (κ2) is 6.45. The molecule has 2 aromatic rings. The molecule has 0 radical (unpaired) electrons. The summed E-state index contributed by atoms with van der Waals surface area (Å²) in [7, 11) is 3.92. The number of rotatable bonds is 4. The van der Waals surface area contributed by atoms with Crippen LogP contribution >= 0.6 is 31.9 Å². The predicted molar refractivity (Wildman–Crippen MR) is 89.4 cm³/mol. The zero-order valence-electron chi connectivity index (χ0n) is 11.2. The first kappa shape index (κ1) is 15.1. The van der Waals surface area contributed by atoms with Gasteiger partial charge in [0.05, 0.1) is 14.6 Å². The van der Waals surface area contributed by atoms with E-state index >= 15 is 0 Å². The quantitative estimate of drug-likeness (QED) is 0.814. The maximum atomic E-state index is 9.70. The Morgan fingerprint density at radius 1 is 1.25 bits per heavy atom. The van der Waals surface area contributed by atoms with E-state index < -0.39 is 0 Å². The zero-order valence-corrected chi connectivity index (χ0v) is 14.4. The third-order valence-electron chi connectivity index (χ3n) is 2.77. The summed E-state index contributed by atoms with van der Waals surface area (Å²) in [6.45, 7) is 0.643. The Labute approximate surface area is 135 Å². The summed E-state index contributed by atoms with van der Waals surface area (Å²) in [4.78, 5) is 6.31. The second-order valence-corrected chi connectivity index (χ2v) is 6.24. The van der Waals surface area contributed by atoms with Crippen molar-refractivity contribution < 1.29 is 5.11 Å². The van der Waals surface area contributed by atoms with Gasteiger partial charge in [0.25, 0.3) is 0 Å².